The fourth-order valence-electron chi connectivity index (χ4n) is 0.757. The first-order chi connectivity index (χ1) is 11.9. The van der Waals surface area contributed by atoms with Gasteiger partial charge in [0.15, 0.2) is 0 Å². The molecule has 12 heteroatoms. The minimum atomic E-state index is -0.553. The van der Waals surface area contributed by atoms with E-state index >= 15 is 0 Å². The number of thioether (sulfide) groups is 1. The molecule has 0 saturated heterocycles. The van der Waals surface area contributed by atoms with E-state index in [-0.39, 0.29) is 44.4 Å². The first kappa shape index (κ1) is 26.2. The molecule has 0 atom stereocenters. The normalized spacial score (nSPS) is 11.4. The zero-order valence-corrected chi connectivity index (χ0v) is 15.8. The minimum Gasteiger partial charge on any atom is -0.394 e. The molecule has 0 spiro atoms. The highest BCUT2D eigenvalue weighted by molar-refractivity contribution is 8.00. The van der Waals surface area contributed by atoms with Gasteiger partial charge < -0.3 is 20.6 Å². The highest BCUT2D eigenvalue weighted by Crippen LogP contribution is 2.17. The summed E-state index contributed by atoms with van der Waals surface area (Å²) in [5.41, 5.74) is 0. The molecule has 0 radical (unpaired) electrons. The summed E-state index contributed by atoms with van der Waals surface area (Å²) in [6.07, 6.45) is 3.00. The number of aliphatic hydroxyl groups is 3. The molecule has 4 N–H and O–H groups in total. The van der Waals surface area contributed by atoms with E-state index in [2.05, 4.69) is 15.3 Å². The van der Waals surface area contributed by atoms with E-state index in [1.807, 2.05) is 20.1 Å². The molecule has 0 unspecified atom stereocenters. The second kappa shape index (κ2) is 17.8. The molecule has 0 aliphatic rings. The van der Waals surface area contributed by atoms with Gasteiger partial charge >= 0.3 is 6.09 Å². The van der Waals surface area contributed by atoms with Crippen molar-refractivity contribution in [1.29, 1.82) is 0 Å². The Bertz CT molecular complexity index is 328. The van der Waals surface area contributed by atoms with Gasteiger partial charge in [-0.3, -0.25) is 4.84 Å². The van der Waals surface area contributed by atoms with Crippen molar-refractivity contribution >= 4 is 24.1 Å². The number of amides is 1. The predicted molar refractivity (Wildman–Crippen MR) is 92.6 cm³/mol. The zero-order chi connectivity index (χ0) is 19.6. The summed E-state index contributed by atoms with van der Waals surface area (Å²) in [5, 5.41) is 31.7. The van der Waals surface area contributed by atoms with Gasteiger partial charge in [-0.25, -0.2) is 19.3 Å². The molecule has 0 aliphatic carbocycles. The maximum absolute atomic E-state index is 10.5. The Morgan fingerprint density at radius 2 is 1.56 bits per heavy atom. The number of carbonyl (C=O) groups excluding carboxylic acids is 1. The van der Waals surface area contributed by atoms with E-state index in [1.54, 1.807) is 18.0 Å². The summed E-state index contributed by atoms with van der Waals surface area (Å²) in [6, 6.07) is 0. The largest absolute Gasteiger partial charge is 0.433 e. The third-order valence-electron chi connectivity index (χ3n) is 2.09. The first-order valence-corrected chi connectivity index (χ1v) is 8.59. The average Bonchev–Trinajstić information content (AvgIpc) is 2.61. The van der Waals surface area contributed by atoms with Crippen molar-refractivity contribution in [3.63, 3.8) is 0 Å². The summed E-state index contributed by atoms with van der Waals surface area (Å²) in [5.74, 6) is 0. The molecule has 25 heavy (non-hydrogen) atoms. The van der Waals surface area contributed by atoms with Gasteiger partial charge in [0.1, 0.15) is 0 Å². The molecule has 1 amide bonds. The van der Waals surface area contributed by atoms with Gasteiger partial charge in [-0.1, -0.05) is 5.16 Å². The van der Waals surface area contributed by atoms with Crippen LogP contribution in [0.3, 0.4) is 0 Å². The maximum Gasteiger partial charge on any atom is 0.433 e. The summed E-state index contributed by atoms with van der Waals surface area (Å²) in [7, 11) is 1.48. The van der Waals surface area contributed by atoms with Crippen LogP contribution in [-0.2, 0) is 19.4 Å². The third-order valence-corrected chi connectivity index (χ3v) is 3.25. The Morgan fingerprint density at radius 1 is 1.12 bits per heavy atom. The number of hydrogen-bond acceptors (Lipinski definition) is 11. The Hall–Kier alpha value is -0.990. The molecule has 0 saturated carbocycles. The fraction of sp³-hybridized carbons (Fsp3) is 0.846. The van der Waals surface area contributed by atoms with Gasteiger partial charge in [0.25, 0.3) is 0 Å². The highest BCUT2D eigenvalue weighted by Gasteiger charge is 2.12. The van der Waals surface area contributed by atoms with Gasteiger partial charge in [0.05, 0.1) is 51.2 Å². The van der Waals surface area contributed by atoms with Gasteiger partial charge in [0.2, 0.25) is 0 Å². The average molecular weight is 387 g/mol. The molecule has 0 aromatic carbocycles. The van der Waals surface area contributed by atoms with Crippen LogP contribution in [-0.4, -0.2) is 90.7 Å². The van der Waals surface area contributed by atoms with Crippen LogP contribution in [0.5, 0.6) is 0 Å². The molecule has 0 aromatic heterocycles. The lowest BCUT2D eigenvalue weighted by atomic mass is 10.2. The Balaban J connectivity index is 0. The fourth-order valence-corrected chi connectivity index (χ4v) is 0.906. The number of carbonyl (C=O) groups is 1. The molecule has 0 heterocycles. The van der Waals surface area contributed by atoms with Crippen molar-refractivity contribution in [2.75, 3.05) is 52.9 Å². The predicted octanol–water partition coefficient (Wildman–Crippen LogP) is -0.470. The van der Waals surface area contributed by atoms with Gasteiger partial charge in [-0.05, 0) is 20.1 Å². The third kappa shape index (κ3) is 19.2. The zero-order valence-electron chi connectivity index (χ0n) is 15.0. The van der Waals surface area contributed by atoms with Gasteiger partial charge in [-0.2, -0.15) is 11.8 Å². The van der Waals surface area contributed by atoms with Crippen molar-refractivity contribution in [2.24, 2.45) is 5.16 Å². The summed E-state index contributed by atoms with van der Waals surface area (Å²) < 4.78 is -0.103. The SMILES string of the molecule is CNC(=O)ON=CC(C)(C)SC.OCCON(OCCO)OCCO. The first-order valence-electron chi connectivity index (χ1n) is 7.36. The van der Waals surface area contributed by atoms with Gasteiger partial charge in [-0.15, -0.1) is 0 Å². The number of rotatable bonds is 12. The monoisotopic (exact) mass is 387 g/mol. The van der Waals surface area contributed by atoms with E-state index < -0.39 is 6.09 Å². The van der Waals surface area contributed by atoms with E-state index in [0.717, 1.165) is 0 Å². The van der Waals surface area contributed by atoms with Crippen molar-refractivity contribution in [3.8, 4) is 0 Å². The van der Waals surface area contributed by atoms with Crippen LogP contribution in [0.25, 0.3) is 0 Å². The molecule has 0 fully saturated rings. The summed E-state index contributed by atoms with van der Waals surface area (Å²) in [4.78, 5) is 29.1. The number of oxime groups is 1. The summed E-state index contributed by atoms with van der Waals surface area (Å²) >= 11 is 1.63. The smallest absolute Gasteiger partial charge is 0.394 e. The van der Waals surface area contributed by atoms with E-state index in [9.17, 15) is 4.79 Å². The molecule has 11 nitrogen and oxygen atoms in total. The van der Waals surface area contributed by atoms with Crippen LogP contribution in [0.4, 0.5) is 4.79 Å². The van der Waals surface area contributed by atoms with E-state index in [0.29, 0.717) is 5.39 Å². The second-order valence-corrected chi connectivity index (χ2v) is 6.03. The van der Waals surface area contributed by atoms with Crippen LogP contribution in [0, 0.1) is 0 Å². The Morgan fingerprint density at radius 3 is 1.88 bits per heavy atom. The lowest BCUT2D eigenvalue weighted by molar-refractivity contribution is -0.527. The number of hydrogen-bond donors (Lipinski definition) is 4. The van der Waals surface area contributed by atoms with Gasteiger partial charge in [0, 0.05) is 11.8 Å². The maximum atomic E-state index is 10.5. The topological polar surface area (TPSA) is 142 Å². The highest BCUT2D eigenvalue weighted by atomic mass is 32.2. The van der Waals surface area contributed by atoms with Crippen LogP contribution in [0.1, 0.15) is 13.8 Å². The van der Waals surface area contributed by atoms with Crippen LogP contribution in [0.2, 0.25) is 0 Å². The minimum absolute atomic E-state index is 0.0108. The Labute approximate surface area is 151 Å². The molecule has 0 rings (SSSR count). The number of nitrogens with one attached hydrogen (secondary N) is 1. The van der Waals surface area contributed by atoms with Crippen LogP contribution in [0.15, 0.2) is 5.16 Å². The van der Waals surface area contributed by atoms with E-state index in [4.69, 9.17) is 29.8 Å². The van der Waals surface area contributed by atoms with Crippen molar-refractivity contribution in [1.82, 2.24) is 10.7 Å². The van der Waals surface area contributed by atoms with Crippen molar-refractivity contribution < 1.29 is 39.5 Å². The standard InChI is InChI=1S/C7H14N2O2S.C6H15NO6/c1-7(2,12-4)5-9-11-6(10)8-3;8-1-4-11-7(12-5-2-9)13-6-3-10/h5H,1-4H3,(H,8,10);8-10H,1-6H2. The lowest BCUT2D eigenvalue weighted by Gasteiger charge is -2.17. The molecule has 0 bridgehead atoms. The number of nitrogens with zero attached hydrogens (tertiary/aromatic N) is 2. The van der Waals surface area contributed by atoms with Crippen molar-refractivity contribution in [2.45, 2.75) is 18.6 Å². The quantitative estimate of drug-likeness (QED) is 0.197. The Kier molecular flexibility index (Phi) is 18.7. The summed E-state index contributed by atoms with van der Waals surface area (Å²) in [6.45, 7) is 3.46. The molecule has 0 aromatic rings. The lowest BCUT2D eigenvalue weighted by Crippen LogP contribution is -2.28. The van der Waals surface area contributed by atoms with Crippen molar-refractivity contribution in [3.05, 3.63) is 0 Å². The molecular weight excluding hydrogens is 358 g/mol. The van der Waals surface area contributed by atoms with E-state index in [1.165, 1.54) is 7.05 Å². The number of aliphatic hydroxyl groups excluding tert-OH is 3. The second-order valence-electron chi connectivity index (χ2n) is 4.56. The molecule has 150 valence electrons. The molecule has 0 aliphatic heterocycles. The van der Waals surface area contributed by atoms with Crippen LogP contribution < -0.4 is 5.32 Å². The molecular formula is C13H29N3O8S. The van der Waals surface area contributed by atoms with Crippen LogP contribution >= 0.6 is 11.8 Å².